The molecule has 2 aliphatic rings. The zero-order valence-corrected chi connectivity index (χ0v) is 31.1. The number of fused-ring (bicyclic) bond motifs is 8. The summed E-state index contributed by atoms with van der Waals surface area (Å²) in [6.45, 7) is 9.60. The highest BCUT2D eigenvalue weighted by molar-refractivity contribution is 6.13. The van der Waals surface area contributed by atoms with E-state index in [1.165, 1.54) is 88.5 Å². The molecule has 0 aliphatic heterocycles. The van der Waals surface area contributed by atoms with Crippen molar-refractivity contribution >= 4 is 49.6 Å². The maximum Gasteiger partial charge on any atom is 0.0542 e. The molecule has 0 atom stereocenters. The standard InChI is InChI=1S/C52H40N2/c1-51(2)43-23-13-11-20-36(43)40-31-46-41(32-45(40)51)38-27-29-48(39-22-15-24-44(50(38)39)52(46,3)4)53(33-16-7-5-8-17-33)35-26-28-49-42(30-35)37-21-12-14-25-47(37)54(49)34-18-9-6-10-19-34/h5-32H,1-4H3. The van der Waals surface area contributed by atoms with Gasteiger partial charge in [0.1, 0.15) is 0 Å². The molecule has 0 radical (unpaired) electrons. The van der Waals surface area contributed by atoms with Crippen molar-refractivity contribution in [2.75, 3.05) is 4.90 Å². The molecule has 0 N–H and O–H groups in total. The van der Waals surface area contributed by atoms with Crippen LogP contribution in [0.1, 0.15) is 49.9 Å². The van der Waals surface area contributed by atoms with Gasteiger partial charge >= 0.3 is 0 Å². The van der Waals surface area contributed by atoms with E-state index >= 15 is 0 Å². The Morgan fingerprint density at radius 3 is 1.80 bits per heavy atom. The fourth-order valence-electron chi connectivity index (χ4n) is 9.92. The van der Waals surface area contributed by atoms with Crippen LogP contribution in [-0.2, 0) is 10.8 Å². The quantitative estimate of drug-likeness (QED) is 0.178. The minimum absolute atomic E-state index is 0.0620. The van der Waals surface area contributed by atoms with Crippen LogP contribution in [0.2, 0.25) is 0 Å². The average Bonchev–Trinajstić information content (AvgIpc) is 3.65. The van der Waals surface area contributed by atoms with Gasteiger partial charge in [-0.1, -0.05) is 131 Å². The predicted octanol–water partition coefficient (Wildman–Crippen LogP) is 14.0. The third kappa shape index (κ3) is 4.17. The molecular formula is C52H40N2. The molecule has 0 spiro atoms. The van der Waals surface area contributed by atoms with E-state index in [4.69, 9.17) is 0 Å². The topological polar surface area (TPSA) is 8.17 Å². The number of aromatic nitrogens is 1. The highest BCUT2D eigenvalue weighted by Crippen LogP contribution is 2.56. The van der Waals surface area contributed by atoms with E-state index in [2.05, 4.69) is 207 Å². The molecular weight excluding hydrogens is 653 g/mol. The van der Waals surface area contributed by atoms with Crippen LogP contribution in [0.4, 0.5) is 17.1 Å². The van der Waals surface area contributed by atoms with Crippen LogP contribution < -0.4 is 4.90 Å². The number of hydrogen-bond donors (Lipinski definition) is 0. The van der Waals surface area contributed by atoms with Crippen LogP contribution in [0.3, 0.4) is 0 Å². The van der Waals surface area contributed by atoms with Crippen LogP contribution in [-0.4, -0.2) is 4.57 Å². The second-order valence-corrected chi connectivity index (χ2v) is 16.2. The number of para-hydroxylation sites is 3. The second kappa shape index (κ2) is 11.1. The lowest BCUT2D eigenvalue weighted by atomic mass is 9.67. The first-order valence-corrected chi connectivity index (χ1v) is 19.1. The summed E-state index contributed by atoms with van der Waals surface area (Å²) in [5.41, 5.74) is 17.8. The van der Waals surface area contributed by atoms with Gasteiger partial charge in [0.2, 0.25) is 0 Å². The first-order valence-electron chi connectivity index (χ1n) is 19.1. The summed E-state index contributed by atoms with van der Waals surface area (Å²) in [7, 11) is 0. The zero-order chi connectivity index (χ0) is 36.3. The maximum atomic E-state index is 2.53. The van der Waals surface area contributed by atoms with E-state index in [1.54, 1.807) is 0 Å². The van der Waals surface area contributed by atoms with Crippen LogP contribution in [0.25, 0.3) is 60.5 Å². The molecule has 258 valence electrons. The third-order valence-electron chi connectivity index (χ3n) is 12.6. The monoisotopic (exact) mass is 692 g/mol. The highest BCUT2D eigenvalue weighted by atomic mass is 15.1. The average molecular weight is 693 g/mol. The number of nitrogens with zero attached hydrogens (tertiary/aromatic N) is 2. The van der Waals surface area contributed by atoms with Gasteiger partial charge in [0.05, 0.1) is 16.7 Å². The first-order chi connectivity index (χ1) is 26.3. The summed E-state index contributed by atoms with van der Waals surface area (Å²) in [5, 5.41) is 5.10. The lowest BCUT2D eigenvalue weighted by Crippen LogP contribution is -2.25. The summed E-state index contributed by atoms with van der Waals surface area (Å²) in [4.78, 5) is 2.46. The first kappa shape index (κ1) is 31.2. The Kier molecular flexibility index (Phi) is 6.39. The van der Waals surface area contributed by atoms with E-state index < -0.39 is 0 Å². The molecule has 0 saturated carbocycles. The van der Waals surface area contributed by atoms with Crippen molar-refractivity contribution in [2.45, 2.75) is 38.5 Å². The summed E-state index contributed by atoms with van der Waals surface area (Å²) in [6, 6.07) is 63.1. The van der Waals surface area contributed by atoms with Crippen molar-refractivity contribution < 1.29 is 0 Å². The van der Waals surface area contributed by atoms with Gasteiger partial charge in [-0.2, -0.15) is 0 Å². The van der Waals surface area contributed by atoms with Gasteiger partial charge in [0.15, 0.2) is 0 Å². The van der Waals surface area contributed by atoms with Gasteiger partial charge in [-0.05, 0) is 117 Å². The molecule has 0 saturated heterocycles. The van der Waals surface area contributed by atoms with Crippen LogP contribution in [0.15, 0.2) is 170 Å². The number of rotatable bonds is 4. The van der Waals surface area contributed by atoms with Gasteiger partial charge in [-0.15, -0.1) is 0 Å². The second-order valence-electron chi connectivity index (χ2n) is 16.2. The van der Waals surface area contributed by atoms with E-state index in [-0.39, 0.29) is 10.8 Å². The van der Waals surface area contributed by atoms with Crippen molar-refractivity contribution in [2.24, 2.45) is 0 Å². The minimum Gasteiger partial charge on any atom is -0.310 e. The van der Waals surface area contributed by atoms with E-state index in [1.807, 2.05) is 0 Å². The largest absolute Gasteiger partial charge is 0.310 e. The fourth-order valence-corrected chi connectivity index (χ4v) is 9.92. The summed E-state index contributed by atoms with van der Waals surface area (Å²) >= 11 is 0. The van der Waals surface area contributed by atoms with E-state index in [0.717, 1.165) is 11.4 Å². The molecule has 1 heterocycles. The van der Waals surface area contributed by atoms with Crippen LogP contribution >= 0.6 is 0 Å². The third-order valence-corrected chi connectivity index (χ3v) is 12.6. The fraction of sp³-hybridized carbons (Fsp3) is 0.115. The summed E-state index contributed by atoms with van der Waals surface area (Å²) in [6.07, 6.45) is 0. The maximum absolute atomic E-state index is 2.53. The molecule has 2 heteroatoms. The van der Waals surface area contributed by atoms with Crippen molar-refractivity contribution in [3.05, 3.63) is 192 Å². The number of benzene rings is 8. The summed E-state index contributed by atoms with van der Waals surface area (Å²) in [5.74, 6) is 0. The normalized spacial score (nSPS) is 14.6. The Hall–Kier alpha value is -6.38. The van der Waals surface area contributed by atoms with Crippen molar-refractivity contribution in [3.8, 4) is 27.9 Å². The van der Waals surface area contributed by atoms with Crippen molar-refractivity contribution in [1.82, 2.24) is 4.57 Å². The lowest BCUT2D eigenvalue weighted by molar-refractivity contribution is 0.639. The smallest absolute Gasteiger partial charge is 0.0542 e. The SMILES string of the molecule is CC1(C)c2ccccc2-c2cc3c(cc21)-c1ccc(N(c2ccccc2)c2ccc4c(c2)c2ccccc2n4-c2ccccc2)c2cccc(c12)C3(C)C. The molecule has 0 unspecified atom stereocenters. The minimum atomic E-state index is -0.188. The molecule has 0 amide bonds. The zero-order valence-electron chi connectivity index (χ0n) is 31.1. The molecule has 0 bridgehead atoms. The molecule has 8 aromatic carbocycles. The molecule has 2 nitrogen and oxygen atoms in total. The van der Waals surface area contributed by atoms with Crippen molar-refractivity contribution in [3.63, 3.8) is 0 Å². The van der Waals surface area contributed by atoms with Gasteiger partial charge in [0, 0.05) is 44.1 Å². The Morgan fingerprint density at radius 2 is 1.00 bits per heavy atom. The highest BCUT2D eigenvalue weighted by Gasteiger charge is 2.40. The number of anilines is 3. The van der Waals surface area contributed by atoms with Gasteiger partial charge in [-0.3, -0.25) is 0 Å². The van der Waals surface area contributed by atoms with E-state index in [0.29, 0.717) is 0 Å². The Morgan fingerprint density at radius 1 is 0.389 bits per heavy atom. The van der Waals surface area contributed by atoms with Gasteiger partial charge in [0.25, 0.3) is 0 Å². The molecule has 11 rings (SSSR count). The Balaban J connectivity index is 1.16. The Labute approximate surface area is 316 Å². The van der Waals surface area contributed by atoms with E-state index in [9.17, 15) is 0 Å². The molecule has 9 aromatic rings. The van der Waals surface area contributed by atoms with Gasteiger partial charge in [-0.25, -0.2) is 0 Å². The predicted molar refractivity (Wildman–Crippen MR) is 228 cm³/mol. The summed E-state index contributed by atoms with van der Waals surface area (Å²) < 4.78 is 2.39. The van der Waals surface area contributed by atoms with Crippen LogP contribution in [0.5, 0.6) is 0 Å². The molecule has 0 fully saturated rings. The van der Waals surface area contributed by atoms with Gasteiger partial charge < -0.3 is 9.47 Å². The lowest BCUT2D eigenvalue weighted by Gasteiger charge is -2.37. The molecule has 2 aliphatic carbocycles. The van der Waals surface area contributed by atoms with Crippen LogP contribution in [0, 0.1) is 0 Å². The molecule has 54 heavy (non-hydrogen) atoms. The molecule has 1 aromatic heterocycles. The van der Waals surface area contributed by atoms with Crippen molar-refractivity contribution in [1.29, 1.82) is 0 Å². The Bertz CT molecular complexity index is 2980. The number of hydrogen-bond acceptors (Lipinski definition) is 1.